The summed E-state index contributed by atoms with van der Waals surface area (Å²) in [6.07, 6.45) is 5.88. The van der Waals surface area contributed by atoms with E-state index in [1.807, 2.05) is 0 Å². The van der Waals surface area contributed by atoms with Gasteiger partial charge < -0.3 is 0 Å². The zero-order valence-electron chi connectivity index (χ0n) is 14.4. The number of allylic oxidation sites excluding steroid dienone is 3. The molecular weight excluding hydrogens is 300 g/mol. The molecule has 0 aromatic heterocycles. The molecule has 0 saturated heterocycles. The lowest BCUT2D eigenvalue weighted by molar-refractivity contribution is 0.656. The van der Waals surface area contributed by atoms with Gasteiger partial charge >= 0.3 is 0 Å². The Morgan fingerprint density at radius 2 is 1.40 bits per heavy atom. The zero-order chi connectivity index (χ0) is 16.9. The van der Waals surface area contributed by atoms with E-state index in [0.717, 1.165) is 6.42 Å². The molecule has 120 valence electrons. The first-order valence-corrected chi connectivity index (χ1v) is 8.94. The van der Waals surface area contributed by atoms with E-state index in [1.165, 1.54) is 39.0 Å². The van der Waals surface area contributed by atoms with Gasteiger partial charge in [-0.25, -0.2) is 0 Å². The highest BCUT2D eigenvalue weighted by molar-refractivity contribution is 6.00. The molecule has 25 heavy (non-hydrogen) atoms. The highest BCUT2D eigenvalue weighted by atomic mass is 14.5. The molecule has 0 radical (unpaired) electrons. The van der Waals surface area contributed by atoms with Gasteiger partial charge in [-0.05, 0) is 52.8 Å². The molecule has 0 bridgehead atoms. The molecule has 2 aliphatic rings. The van der Waals surface area contributed by atoms with Gasteiger partial charge in [0, 0.05) is 5.41 Å². The summed E-state index contributed by atoms with van der Waals surface area (Å²) in [5, 5.41) is 0. The second-order valence-corrected chi connectivity index (χ2v) is 7.11. The Morgan fingerprint density at radius 1 is 0.760 bits per heavy atom. The third-order valence-electron chi connectivity index (χ3n) is 5.69. The molecule has 0 amide bonds. The fourth-order valence-electron chi connectivity index (χ4n) is 4.52. The van der Waals surface area contributed by atoms with Crippen molar-refractivity contribution in [3.63, 3.8) is 0 Å². The Morgan fingerprint density at radius 3 is 2.04 bits per heavy atom. The Hall–Kier alpha value is -2.86. The second kappa shape index (κ2) is 5.32. The van der Waals surface area contributed by atoms with E-state index in [1.54, 1.807) is 0 Å². The van der Waals surface area contributed by atoms with Crippen molar-refractivity contribution in [3.8, 4) is 0 Å². The Bertz CT molecular complexity index is 965. The lowest BCUT2D eigenvalue weighted by Crippen LogP contribution is -2.26. The number of fused-ring (bicyclic) bond motifs is 3. The van der Waals surface area contributed by atoms with Crippen molar-refractivity contribution in [2.45, 2.75) is 18.8 Å². The van der Waals surface area contributed by atoms with Crippen LogP contribution in [0.3, 0.4) is 0 Å². The van der Waals surface area contributed by atoms with Crippen LogP contribution >= 0.6 is 0 Å². The van der Waals surface area contributed by atoms with Crippen LogP contribution in [0, 0.1) is 6.92 Å². The first-order chi connectivity index (χ1) is 12.3. The molecule has 2 aliphatic carbocycles. The predicted octanol–water partition coefficient (Wildman–Crippen LogP) is 6.17. The van der Waals surface area contributed by atoms with Crippen LogP contribution in [0.25, 0.3) is 11.6 Å². The summed E-state index contributed by atoms with van der Waals surface area (Å²) in [6, 6.07) is 28.8. The maximum atomic E-state index is 2.44. The van der Waals surface area contributed by atoms with Gasteiger partial charge in [-0.2, -0.15) is 0 Å². The topological polar surface area (TPSA) is 0 Å². The monoisotopic (exact) mass is 320 g/mol. The first-order valence-electron chi connectivity index (χ1n) is 8.94. The van der Waals surface area contributed by atoms with E-state index in [2.05, 4.69) is 97.9 Å². The van der Waals surface area contributed by atoms with E-state index in [4.69, 9.17) is 0 Å². The van der Waals surface area contributed by atoms with Gasteiger partial charge in [-0.15, -0.1) is 0 Å². The molecule has 0 saturated carbocycles. The Kier molecular flexibility index (Phi) is 3.08. The summed E-state index contributed by atoms with van der Waals surface area (Å²) < 4.78 is 0. The number of hydrogen-bond donors (Lipinski definition) is 0. The Balaban J connectivity index is 1.77. The minimum Gasteiger partial charge on any atom is -0.0748 e. The van der Waals surface area contributed by atoms with Gasteiger partial charge in [0.05, 0.1) is 0 Å². The van der Waals surface area contributed by atoms with Gasteiger partial charge in [-0.3, -0.25) is 0 Å². The molecule has 0 unspecified atom stereocenters. The standard InChI is InChI=1S/C25H20/c1-18-12-13-22-19(16-18)17-24-23(22)14-15-25(24,20-8-4-2-5-9-20)21-10-6-3-7-11-21/h2-14,16-17H,15H2,1H3. The average Bonchev–Trinajstić information content (AvgIpc) is 3.20. The molecule has 0 aliphatic heterocycles. The number of hydrogen-bond acceptors (Lipinski definition) is 0. The summed E-state index contributed by atoms with van der Waals surface area (Å²) in [5.74, 6) is 0. The normalized spacial score (nSPS) is 16.8. The molecule has 0 N–H and O–H groups in total. The first kappa shape index (κ1) is 14.5. The SMILES string of the molecule is Cc1ccc2c(c1)C=C1C2=CCC1(c1ccccc1)c1ccccc1. The molecule has 5 rings (SSSR count). The van der Waals surface area contributed by atoms with Crippen molar-refractivity contribution in [3.05, 3.63) is 118 Å². The van der Waals surface area contributed by atoms with Crippen molar-refractivity contribution in [2.24, 2.45) is 0 Å². The van der Waals surface area contributed by atoms with Crippen molar-refractivity contribution < 1.29 is 0 Å². The number of rotatable bonds is 2. The highest BCUT2D eigenvalue weighted by Gasteiger charge is 2.44. The van der Waals surface area contributed by atoms with Gasteiger partial charge in [0.1, 0.15) is 0 Å². The summed E-state index contributed by atoms with van der Waals surface area (Å²) >= 11 is 0. The van der Waals surface area contributed by atoms with Crippen LogP contribution in [-0.4, -0.2) is 0 Å². The van der Waals surface area contributed by atoms with Gasteiger partial charge in [0.25, 0.3) is 0 Å². The van der Waals surface area contributed by atoms with Crippen molar-refractivity contribution in [1.82, 2.24) is 0 Å². The third kappa shape index (κ3) is 2.01. The van der Waals surface area contributed by atoms with Crippen molar-refractivity contribution in [2.75, 3.05) is 0 Å². The lowest BCUT2D eigenvalue weighted by atomic mass is 9.69. The molecule has 0 atom stereocenters. The average molecular weight is 320 g/mol. The number of aryl methyl sites for hydroxylation is 1. The summed E-state index contributed by atoms with van der Waals surface area (Å²) in [6.45, 7) is 2.17. The van der Waals surface area contributed by atoms with Crippen LogP contribution in [0.15, 0.2) is 90.5 Å². The van der Waals surface area contributed by atoms with E-state index in [9.17, 15) is 0 Å². The summed E-state index contributed by atoms with van der Waals surface area (Å²) in [5.41, 5.74) is 9.61. The van der Waals surface area contributed by atoms with Crippen LogP contribution in [0.5, 0.6) is 0 Å². The van der Waals surface area contributed by atoms with Gasteiger partial charge in [0.15, 0.2) is 0 Å². The van der Waals surface area contributed by atoms with Crippen LogP contribution in [-0.2, 0) is 5.41 Å². The second-order valence-electron chi connectivity index (χ2n) is 7.11. The molecule has 3 aromatic rings. The summed E-state index contributed by atoms with van der Waals surface area (Å²) in [4.78, 5) is 0. The van der Waals surface area contributed by atoms with Gasteiger partial charge in [-0.1, -0.05) is 90.5 Å². The van der Waals surface area contributed by atoms with Crippen LogP contribution < -0.4 is 0 Å². The fraction of sp³-hybridized carbons (Fsp3) is 0.120. The highest BCUT2D eigenvalue weighted by Crippen LogP contribution is 2.56. The maximum Gasteiger partial charge on any atom is 0.0492 e. The predicted molar refractivity (Wildman–Crippen MR) is 105 cm³/mol. The van der Waals surface area contributed by atoms with Gasteiger partial charge in [0.2, 0.25) is 0 Å². The fourth-order valence-corrected chi connectivity index (χ4v) is 4.52. The minimum atomic E-state index is -0.0786. The zero-order valence-corrected chi connectivity index (χ0v) is 14.4. The smallest absolute Gasteiger partial charge is 0.0492 e. The Labute approximate surface area is 149 Å². The van der Waals surface area contributed by atoms with Crippen LogP contribution in [0.1, 0.15) is 34.2 Å². The van der Waals surface area contributed by atoms with E-state index in [-0.39, 0.29) is 5.41 Å². The minimum absolute atomic E-state index is 0.0786. The molecule has 0 nitrogen and oxygen atoms in total. The van der Waals surface area contributed by atoms with Crippen LogP contribution in [0.4, 0.5) is 0 Å². The van der Waals surface area contributed by atoms with Crippen LogP contribution in [0.2, 0.25) is 0 Å². The lowest BCUT2D eigenvalue weighted by Gasteiger charge is -2.33. The van der Waals surface area contributed by atoms with E-state index < -0.39 is 0 Å². The third-order valence-corrected chi connectivity index (χ3v) is 5.69. The quantitative estimate of drug-likeness (QED) is 0.530. The van der Waals surface area contributed by atoms with E-state index in [0.29, 0.717) is 0 Å². The molecule has 0 fully saturated rings. The molecule has 3 aromatic carbocycles. The largest absolute Gasteiger partial charge is 0.0748 e. The molecule has 0 spiro atoms. The van der Waals surface area contributed by atoms with Crippen molar-refractivity contribution in [1.29, 1.82) is 0 Å². The summed E-state index contributed by atoms with van der Waals surface area (Å²) in [7, 11) is 0. The molecule has 0 heteroatoms. The maximum absolute atomic E-state index is 2.44. The molecule has 0 heterocycles. The van der Waals surface area contributed by atoms with E-state index >= 15 is 0 Å². The van der Waals surface area contributed by atoms with Crippen molar-refractivity contribution >= 4 is 11.6 Å². The molecular formula is C25H20. The number of benzene rings is 3.